The van der Waals surface area contributed by atoms with Gasteiger partial charge in [0.15, 0.2) is 0 Å². The van der Waals surface area contributed by atoms with E-state index in [0.29, 0.717) is 5.75 Å². The third-order valence-corrected chi connectivity index (χ3v) is 5.24. The number of aliphatic hydroxyl groups is 5. The Kier molecular flexibility index (Phi) is 8.20. The van der Waals surface area contributed by atoms with Crippen LogP contribution in [0.1, 0.15) is 13.8 Å². The Morgan fingerprint density at radius 1 is 1.00 bits per heavy atom. The summed E-state index contributed by atoms with van der Waals surface area (Å²) in [5.74, 6) is 0.656. The SMILES string of the molecule is CC(C)N(CC(O)COc1cccc2ccccc12)O[C@@H]1O[C@H](CO)[C@@H](O)[C@H](O)[C@H]1O. The van der Waals surface area contributed by atoms with Crippen molar-refractivity contribution in [2.45, 2.75) is 56.7 Å². The molecule has 5 N–H and O–H groups in total. The largest absolute Gasteiger partial charge is 0.490 e. The summed E-state index contributed by atoms with van der Waals surface area (Å²) in [4.78, 5) is 5.67. The molecule has 0 bridgehead atoms. The Morgan fingerprint density at radius 2 is 1.71 bits per heavy atom. The molecule has 1 unspecified atom stereocenters. The molecule has 0 spiro atoms. The molecule has 0 aromatic heterocycles. The number of aliphatic hydroxyl groups excluding tert-OH is 5. The molecule has 1 aliphatic rings. The van der Waals surface area contributed by atoms with Gasteiger partial charge in [0.05, 0.1) is 13.2 Å². The van der Waals surface area contributed by atoms with Crippen molar-refractivity contribution < 1.29 is 39.8 Å². The summed E-state index contributed by atoms with van der Waals surface area (Å²) in [5, 5.41) is 53.2. The van der Waals surface area contributed by atoms with Gasteiger partial charge < -0.3 is 35.0 Å². The first-order valence-corrected chi connectivity index (χ1v) is 10.3. The average molecular weight is 437 g/mol. The minimum Gasteiger partial charge on any atom is -0.490 e. The van der Waals surface area contributed by atoms with Gasteiger partial charge in [-0.2, -0.15) is 5.06 Å². The lowest BCUT2D eigenvalue weighted by molar-refractivity contribution is -0.370. The van der Waals surface area contributed by atoms with Crippen LogP contribution >= 0.6 is 0 Å². The standard InChI is InChI=1S/C22H31NO8/c1-13(2)23(31-22-21(28)20(27)19(26)18(11-24)30-22)10-15(25)12-29-17-9-5-7-14-6-3-4-8-16(14)17/h3-9,13,15,18-22,24-28H,10-12H2,1-2H3/t15?,18-,19-,20+,21-,22+/m1/s1. The highest BCUT2D eigenvalue weighted by atomic mass is 16.8. The lowest BCUT2D eigenvalue weighted by Gasteiger charge is -2.42. The number of fused-ring (bicyclic) bond motifs is 1. The summed E-state index contributed by atoms with van der Waals surface area (Å²) in [6.45, 7) is 3.14. The molecule has 1 fully saturated rings. The van der Waals surface area contributed by atoms with E-state index >= 15 is 0 Å². The third kappa shape index (κ3) is 5.71. The third-order valence-electron chi connectivity index (χ3n) is 5.24. The smallest absolute Gasteiger partial charge is 0.206 e. The number of benzene rings is 2. The van der Waals surface area contributed by atoms with E-state index in [1.165, 1.54) is 5.06 Å². The van der Waals surface area contributed by atoms with E-state index < -0.39 is 43.4 Å². The molecule has 6 atom stereocenters. The van der Waals surface area contributed by atoms with Crippen LogP contribution in [-0.2, 0) is 9.57 Å². The summed E-state index contributed by atoms with van der Waals surface area (Å²) in [6.07, 6.45) is -7.84. The molecule has 0 amide bonds. The van der Waals surface area contributed by atoms with E-state index in [1.807, 2.05) is 56.3 Å². The van der Waals surface area contributed by atoms with Gasteiger partial charge >= 0.3 is 0 Å². The first-order valence-electron chi connectivity index (χ1n) is 10.3. The summed E-state index contributed by atoms with van der Waals surface area (Å²) in [7, 11) is 0. The van der Waals surface area contributed by atoms with Crippen molar-refractivity contribution in [2.75, 3.05) is 19.8 Å². The highest BCUT2D eigenvalue weighted by Gasteiger charge is 2.45. The van der Waals surface area contributed by atoms with Gasteiger partial charge in [0.1, 0.15) is 42.9 Å². The van der Waals surface area contributed by atoms with Crippen LogP contribution in [-0.4, -0.2) is 93.2 Å². The fourth-order valence-corrected chi connectivity index (χ4v) is 3.43. The summed E-state index contributed by atoms with van der Waals surface area (Å²) in [6, 6.07) is 13.3. The van der Waals surface area contributed by atoms with Crippen LogP contribution in [0.2, 0.25) is 0 Å². The number of ether oxygens (including phenoxy) is 2. The lowest BCUT2D eigenvalue weighted by Crippen LogP contribution is -2.60. The molecule has 172 valence electrons. The molecule has 9 heteroatoms. The zero-order chi connectivity index (χ0) is 22.5. The predicted molar refractivity (Wildman–Crippen MR) is 112 cm³/mol. The van der Waals surface area contributed by atoms with Crippen molar-refractivity contribution in [3.05, 3.63) is 42.5 Å². The maximum absolute atomic E-state index is 10.5. The van der Waals surface area contributed by atoms with Gasteiger partial charge in [0, 0.05) is 11.4 Å². The van der Waals surface area contributed by atoms with Crippen LogP contribution in [0.3, 0.4) is 0 Å². The van der Waals surface area contributed by atoms with Gasteiger partial charge in [0.25, 0.3) is 0 Å². The van der Waals surface area contributed by atoms with Crippen LogP contribution in [0.5, 0.6) is 5.75 Å². The zero-order valence-corrected chi connectivity index (χ0v) is 17.6. The van der Waals surface area contributed by atoms with Crippen LogP contribution in [0, 0.1) is 0 Å². The Balaban J connectivity index is 1.60. The highest BCUT2D eigenvalue weighted by Crippen LogP contribution is 2.26. The minimum absolute atomic E-state index is 0.00920. The normalized spacial score (nSPS) is 27.7. The Hall–Kier alpha value is -1.82. The highest BCUT2D eigenvalue weighted by molar-refractivity contribution is 5.88. The quantitative estimate of drug-likeness (QED) is 0.345. The van der Waals surface area contributed by atoms with Crippen LogP contribution in [0.15, 0.2) is 42.5 Å². The second-order valence-corrected chi connectivity index (χ2v) is 7.94. The zero-order valence-electron chi connectivity index (χ0n) is 17.6. The molecule has 2 aromatic carbocycles. The van der Waals surface area contributed by atoms with Crippen molar-refractivity contribution in [1.29, 1.82) is 0 Å². The molecule has 1 saturated heterocycles. The lowest BCUT2D eigenvalue weighted by atomic mass is 9.99. The topological polar surface area (TPSA) is 132 Å². The van der Waals surface area contributed by atoms with Crippen molar-refractivity contribution in [3.63, 3.8) is 0 Å². The molecule has 1 aliphatic heterocycles. The van der Waals surface area contributed by atoms with E-state index in [2.05, 4.69) is 0 Å². The van der Waals surface area contributed by atoms with Crippen molar-refractivity contribution in [2.24, 2.45) is 0 Å². The first kappa shape index (κ1) is 23.8. The monoisotopic (exact) mass is 437 g/mol. The van der Waals surface area contributed by atoms with E-state index in [1.54, 1.807) is 0 Å². The van der Waals surface area contributed by atoms with E-state index in [9.17, 15) is 25.5 Å². The van der Waals surface area contributed by atoms with Gasteiger partial charge in [-0.3, -0.25) is 4.84 Å². The Labute approximate surface area is 181 Å². The minimum atomic E-state index is -1.54. The summed E-state index contributed by atoms with van der Waals surface area (Å²) < 4.78 is 11.2. The van der Waals surface area contributed by atoms with Gasteiger partial charge in [-0.05, 0) is 25.3 Å². The average Bonchev–Trinajstić information content (AvgIpc) is 2.77. The predicted octanol–water partition coefficient (Wildman–Crippen LogP) is 0.0214. The number of hydroxylamine groups is 2. The van der Waals surface area contributed by atoms with Gasteiger partial charge in [0.2, 0.25) is 6.29 Å². The van der Waals surface area contributed by atoms with Crippen molar-refractivity contribution in [1.82, 2.24) is 5.06 Å². The van der Waals surface area contributed by atoms with E-state index in [-0.39, 0.29) is 19.2 Å². The number of rotatable bonds is 9. The molecule has 3 rings (SSSR count). The van der Waals surface area contributed by atoms with Crippen LogP contribution in [0.4, 0.5) is 0 Å². The van der Waals surface area contributed by atoms with Gasteiger partial charge in [-0.15, -0.1) is 0 Å². The molecular weight excluding hydrogens is 406 g/mol. The molecule has 0 saturated carbocycles. The van der Waals surface area contributed by atoms with Crippen molar-refractivity contribution in [3.8, 4) is 5.75 Å². The van der Waals surface area contributed by atoms with Gasteiger partial charge in [-0.25, -0.2) is 0 Å². The molecule has 0 radical (unpaired) electrons. The van der Waals surface area contributed by atoms with Crippen LogP contribution < -0.4 is 4.74 Å². The molecule has 9 nitrogen and oxygen atoms in total. The number of hydrogen-bond donors (Lipinski definition) is 5. The Bertz CT molecular complexity index is 827. The fraction of sp³-hybridized carbons (Fsp3) is 0.545. The van der Waals surface area contributed by atoms with Crippen molar-refractivity contribution >= 4 is 10.8 Å². The van der Waals surface area contributed by atoms with E-state index in [0.717, 1.165) is 10.8 Å². The first-order chi connectivity index (χ1) is 14.8. The van der Waals surface area contributed by atoms with E-state index in [4.69, 9.17) is 14.3 Å². The summed E-state index contributed by atoms with van der Waals surface area (Å²) >= 11 is 0. The molecular formula is C22H31NO8. The molecule has 2 aromatic rings. The fourth-order valence-electron chi connectivity index (χ4n) is 3.43. The maximum atomic E-state index is 10.5. The number of nitrogens with zero attached hydrogens (tertiary/aromatic N) is 1. The molecule has 0 aliphatic carbocycles. The molecule has 1 heterocycles. The second-order valence-electron chi connectivity index (χ2n) is 7.94. The maximum Gasteiger partial charge on any atom is 0.206 e. The Morgan fingerprint density at radius 3 is 2.42 bits per heavy atom. The second kappa shape index (κ2) is 10.7. The van der Waals surface area contributed by atoms with Gasteiger partial charge in [-0.1, -0.05) is 36.4 Å². The molecule has 31 heavy (non-hydrogen) atoms. The van der Waals surface area contributed by atoms with Crippen LogP contribution in [0.25, 0.3) is 10.8 Å². The number of hydrogen-bond acceptors (Lipinski definition) is 9. The summed E-state index contributed by atoms with van der Waals surface area (Å²) in [5.41, 5.74) is 0.